The number of carbonyl (C=O) groups is 1. The Kier molecular flexibility index (Phi) is 3.99. The van der Waals surface area contributed by atoms with Crippen LogP contribution >= 0.6 is 11.9 Å². The highest BCUT2D eigenvalue weighted by atomic mass is 32.2. The van der Waals surface area contributed by atoms with Crippen LogP contribution in [0.25, 0.3) is 0 Å². The van der Waals surface area contributed by atoms with Gasteiger partial charge in [0.05, 0.1) is 5.75 Å². The van der Waals surface area contributed by atoms with Gasteiger partial charge in [0.15, 0.2) is 5.75 Å². The number of amides is 1. The fourth-order valence-electron chi connectivity index (χ4n) is 1.05. The second-order valence-electron chi connectivity index (χ2n) is 2.95. The van der Waals surface area contributed by atoms with E-state index in [1.807, 2.05) is 13.0 Å². The van der Waals surface area contributed by atoms with Crippen LogP contribution in [0.1, 0.15) is 6.92 Å². The third kappa shape index (κ3) is 3.14. The minimum absolute atomic E-state index is 0.527. The van der Waals surface area contributed by atoms with Crippen LogP contribution in [0, 0.1) is 0 Å². The van der Waals surface area contributed by atoms with E-state index in [1.165, 1.54) is 19.0 Å². The molecule has 4 nitrogen and oxygen atoms in total. The van der Waals surface area contributed by atoms with Gasteiger partial charge in [-0.1, -0.05) is 25.1 Å². The summed E-state index contributed by atoms with van der Waals surface area (Å²) in [4.78, 5) is 16.4. The number of hydroxylamine groups is 2. The summed E-state index contributed by atoms with van der Waals surface area (Å²) in [6.45, 7) is 1.89. The van der Waals surface area contributed by atoms with E-state index < -0.39 is 10.1 Å². The molecule has 1 atom stereocenters. The molecule has 1 aromatic rings. The van der Waals surface area contributed by atoms with Gasteiger partial charge in [-0.25, -0.2) is 0 Å². The normalized spacial score (nSPS) is 14.3. The summed E-state index contributed by atoms with van der Waals surface area (Å²) in [5.74, 6) is 1.21. The maximum absolute atomic E-state index is 11.0. The average molecular weight is 228 g/mol. The highest BCUT2D eigenvalue weighted by Crippen LogP contribution is 2.24. The Balaban J connectivity index is 2.80. The molecule has 1 rings (SSSR count). The third-order valence-corrected chi connectivity index (χ3v) is 2.73. The number of quaternary nitrogens is 1. The number of rotatable bonds is 4. The summed E-state index contributed by atoms with van der Waals surface area (Å²) in [5.41, 5.74) is 0. The van der Waals surface area contributed by atoms with Crippen LogP contribution in [0.5, 0.6) is 5.75 Å². The van der Waals surface area contributed by atoms with Gasteiger partial charge in [-0.15, -0.1) is 0 Å². The highest BCUT2D eigenvalue weighted by Gasteiger charge is 2.37. The molecule has 0 heterocycles. The van der Waals surface area contributed by atoms with Crippen LogP contribution in [0.2, 0.25) is 0 Å². The largest absolute Gasteiger partial charge is 0.569 e. The van der Waals surface area contributed by atoms with Crippen molar-refractivity contribution in [2.24, 2.45) is 0 Å². The van der Waals surface area contributed by atoms with E-state index in [9.17, 15) is 4.79 Å². The number of carboxylic acid groups (broad SMARTS) is 1. The molecule has 1 unspecified atom stereocenters. The van der Waals surface area contributed by atoms with Crippen molar-refractivity contribution in [2.75, 3.05) is 12.8 Å². The first kappa shape index (κ1) is 11.9. The van der Waals surface area contributed by atoms with Crippen LogP contribution < -0.4 is 4.84 Å². The first-order chi connectivity index (χ1) is 7.08. The molecule has 1 N–H and O–H groups in total. The predicted octanol–water partition coefficient (Wildman–Crippen LogP) is 2.77. The molecule has 15 heavy (non-hydrogen) atoms. The number of nitrogens with zero attached hydrogens (tertiary/aromatic N) is 1. The van der Waals surface area contributed by atoms with E-state index >= 15 is 0 Å². The Labute approximate surface area is 93.1 Å². The molecule has 0 aliphatic rings. The van der Waals surface area contributed by atoms with Gasteiger partial charge in [0.1, 0.15) is 19.0 Å². The van der Waals surface area contributed by atoms with Crippen molar-refractivity contribution in [1.29, 1.82) is 0 Å². The molecule has 0 spiro atoms. The summed E-state index contributed by atoms with van der Waals surface area (Å²) >= 11 is 1.20. The van der Waals surface area contributed by atoms with Crippen molar-refractivity contribution in [3.63, 3.8) is 0 Å². The zero-order chi connectivity index (χ0) is 11.3. The van der Waals surface area contributed by atoms with Gasteiger partial charge in [0.25, 0.3) is 0 Å². The Hall–Kier alpha value is -1.20. The number of benzene rings is 1. The van der Waals surface area contributed by atoms with Crippen molar-refractivity contribution in [3.05, 3.63) is 30.3 Å². The molecular weight excluding hydrogens is 214 g/mol. The number of para-hydroxylation sites is 1. The smallest absolute Gasteiger partial charge is 0.432 e. The molecule has 0 aromatic heterocycles. The van der Waals surface area contributed by atoms with Gasteiger partial charge in [0, 0.05) is 4.05 Å². The third-order valence-electron chi connectivity index (χ3n) is 1.75. The molecule has 0 saturated heterocycles. The quantitative estimate of drug-likeness (QED) is 0.489. The molecule has 0 aliphatic carbocycles. The number of hydrogen-bond acceptors (Lipinski definition) is 3. The Bertz CT molecular complexity index is 331. The molecule has 0 saturated carbocycles. The van der Waals surface area contributed by atoms with Crippen molar-refractivity contribution in [1.82, 2.24) is 0 Å². The maximum atomic E-state index is 11.0. The van der Waals surface area contributed by atoms with Crippen molar-refractivity contribution in [3.8, 4) is 5.75 Å². The van der Waals surface area contributed by atoms with Crippen molar-refractivity contribution in [2.45, 2.75) is 6.92 Å². The zero-order valence-corrected chi connectivity index (χ0v) is 9.53. The Morgan fingerprint density at radius 3 is 2.53 bits per heavy atom. The molecule has 0 aliphatic heterocycles. The predicted molar refractivity (Wildman–Crippen MR) is 59.4 cm³/mol. The molecule has 0 bridgehead atoms. The summed E-state index contributed by atoms with van der Waals surface area (Å²) in [7, 11) is 1.50. The first-order valence-corrected chi connectivity index (χ1v) is 5.52. The van der Waals surface area contributed by atoms with Gasteiger partial charge < -0.3 is 5.11 Å². The molecular formula is C10H14NO3S+. The van der Waals surface area contributed by atoms with Crippen molar-refractivity contribution >= 4 is 18.0 Å². The van der Waals surface area contributed by atoms with E-state index in [1.54, 1.807) is 24.3 Å². The molecule has 0 fully saturated rings. The molecule has 1 aromatic carbocycles. The van der Waals surface area contributed by atoms with E-state index in [0.29, 0.717) is 11.5 Å². The fourth-order valence-corrected chi connectivity index (χ4v) is 1.79. The fraction of sp³-hybridized carbons (Fsp3) is 0.300. The van der Waals surface area contributed by atoms with E-state index in [-0.39, 0.29) is 0 Å². The minimum Gasteiger partial charge on any atom is -0.432 e. The van der Waals surface area contributed by atoms with Crippen molar-refractivity contribution < 1.29 is 18.8 Å². The lowest BCUT2D eigenvalue weighted by Crippen LogP contribution is -2.45. The Morgan fingerprint density at radius 2 is 2.07 bits per heavy atom. The lowest BCUT2D eigenvalue weighted by atomic mass is 10.3. The lowest BCUT2D eigenvalue weighted by molar-refractivity contribution is -0.883. The Morgan fingerprint density at radius 1 is 1.47 bits per heavy atom. The van der Waals surface area contributed by atoms with E-state index in [0.717, 1.165) is 0 Å². The highest BCUT2D eigenvalue weighted by molar-refractivity contribution is 7.94. The SMILES string of the molecule is CCS[N+](C)(Oc1ccccc1)C(=O)O. The first-order valence-electron chi connectivity index (χ1n) is 4.57. The molecule has 82 valence electrons. The van der Waals surface area contributed by atoms with E-state index in [2.05, 4.69) is 0 Å². The minimum atomic E-state index is -1.02. The summed E-state index contributed by atoms with van der Waals surface area (Å²) in [6.07, 6.45) is -1.02. The zero-order valence-electron chi connectivity index (χ0n) is 8.71. The number of hydrogen-bond donors (Lipinski definition) is 1. The monoisotopic (exact) mass is 228 g/mol. The lowest BCUT2D eigenvalue weighted by Gasteiger charge is -2.22. The van der Waals surface area contributed by atoms with Gasteiger partial charge in [0.2, 0.25) is 0 Å². The van der Waals surface area contributed by atoms with Crippen LogP contribution in [-0.4, -0.2) is 28.1 Å². The summed E-state index contributed by atoms with van der Waals surface area (Å²) < 4.78 is -0.527. The van der Waals surface area contributed by atoms with E-state index in [4.69, 9.17) is 9.94 Å². The van der Waals surface area contributed by atoms with Crippen LogP contribution in [0.4, 0.5) is 4.79 Å². The van der Waals surface area contributed by atoms with Crippen LogP contribution in [0.3, 0.4) is 0 Å². The average Bonchev–Trinajstić information content (AvgIpc) is 2.19. The maximum Gasteiger partial charge on any atom is 0.569 e. The molecule has 5 heteroatoms. The van der Waals surface area contributed by atoms with Gasteiger partial charge in [-0.2, -0.15) is 4.79 Å². The standard InChI is InChI=1S/C10H13NO3S/c1-3-15-11(2,10(12)13)14-9-7-5-4-6-8-9/h4-8H,3H2,1-2H3/p+1. The molecule has 1 amide bonds. The molecule has 0 radical (unpaired) electrons. The topological polar surface area (TPSA) is 46.5 Å². The van der Waals surface area contributed by atoms with Crippen LogP contribution in [-0.2, 0) is 0 Å². The summed E-state index contributed by atoms with van der Waals surface area (Å²) in [5, 5.41) is 9.05. The summed E-state index contributed by atoms with van der Waals surface area (Å²) in [6, 6.07) is 8.92. The van der Waals surface area contributed by atoms with Gasteiger partial charge >= 0.3 is 6.09 Å². The van der Waals surface area contributed by atoms with Gasteiger partial charge in [-0.3, -0.25) is 4.84 Å². The van der Waals surface area contributed by atoms with Crippen LogP contribution in [0.15, 0.2) is 30.3 Å². The second-order valence-corrected chi connectivity index (χ2v) is 4.48. The van der Waals surface area contributed by atoms with Gasteiger partial charge in [-0.05, 0) is 12.1 Å². The second kappa shape index (κ2) is 5.04.